The Hall–Kier alpha value is -1.52. The monoisotopic (exact) mass is 321 g/mol. The van der Waals surface area contributed by atoms with E-state index < -0.39 is 42.4 Å². The van der Waals surface area contributed by atoms with E-state index in [2.05, 4.69) is 4.72 Å². The molecule has 2 atom stereocenters. The molecule has 0 aliphatic carbocycles. The molecule has 0 aliphatic heterocycles. The summed E-state index contributed by atoms with van der Waals surface area (Å²) < 4.78 is 37.5. The molecule has 20 heavy (non-hydrogen) atoms. The summed E-state index contributed by atoms with van der Waals surface area (Å²) in [6.45, 7) is 1.53. The van der Waals surface area contributed by atoms with Gasteiger partial charge in [0.15, 0.2) is 4.90 Å². The molecule has 1 aromatic carbocycles. The van der Waals surface area contributed by atoms with Crippen molar-refractivity contribution in [1.82, 2.24) is 4.72 Å². The zero-order valence-corrected chi connectivity index (χ0v) is 12.5. The first-order valence-corrected chi connectivity index (χ1v) is 8.71. The van der Waals surface area contributed by atoms with Gasteiger partial charge in [-0.2, -0.15) is 0 Å². The van der Waals surface area contributed by atoms with E-state index >= 15 is 0 Å². The second-order valence-electron chi connectivity index (χ2n) is 4.25. The Morgan fingerprint density at radius 1 is 1.50 bits per heavy atom. The van der Waals surface area contributed by atoms with Gasteiger partial charge in [-0.25, -0.2) is 13.1 Å². The van der Waals surface area contributed by atoms with Crippen LogP contribution in [0.5, 0.6) is 0 Å². The van der Waals surface area contributed by atoms with Gasteiger partial charge >= 0.3 is 0 Å². The molecular formula is C10H15N3O5S2. The minimum absolute atomic E-state index is 0.0957. The van der Waals surface area contributed by atoms with Crippen LogP contribution in [-0.2, 0) is 20.8 Å². The third kappa shape index (κ3) is 4.25. The van der Waals surface area contributed by atoms with Gasteiger partial charge in [0.05, 0.1) is 4.92 Å². The molecule has 0 spiro atoms. The van der Waals surface area contributed by atoms with Crippen molar-refractivity contribution in [2.24, 2.45) is 0 Å². The topological polar surface area (TPSA) is 132 Å². The highest BCUT2D eigenvalue weighted by Gasteiger charge is 2.27. The van der Waals surface area contributed by atoms with E-state index in [9.17, 15) is 22.7 Å². The molecule has 0 saturated carbocycles. The SMILES string of the molecule is CC(CS(C)=O)NS(=O)(=O)c1ccc(N)cc1[N+](=O)[O-]. The molecule has 3 N–H and O–H groups in total. The van der Waals surface area contributed by atoms with Crippen LogP contribution in [0.1, 0.15) is 6.92 Å². The Bertz CT molecular complexity index is 644. The predicted molar refractivity (Wildman–Crippen MR) is 76.2 cm³/mol. The summed E-state index contributed by atoms with van der Waals surface area (Å²) in [7, 11) is -5.26. The molecule has 0 heterocycles. The Balaban J connectivity index is 3.16. The van der Waals surface area contributed by atoms with Crippen LogP contribution in [-0.4, -0.2) is 35.6 Å². The Morgan fingerprint density at radius 2 is 2.10 bits per heavy atom. The number of benzene rings is 1. The highest BCUT2D eigenvalue weighted by atomic mass is 32.2. The van der Waals surface area contributed by atoms with Crippen molar-refractivity contribution in [3.63, 3.8) is 0 Å². The van der Waals surface area contributed by atoms with Gasteiger partial charge in [-0.05, 0) is 19.1 Å². The fourth-order valence-electron chi connectivity index (χ4n) is 1.62. The standard InChI is InChI=1S/C10H15N3O5S2/c1-7(6-19(2)16)12-20(17,18)10-4-3-8(11)5-9(10)13(14)15/h3-5,7,12H,6,11H2,1-2H3. The molecule has 0 aromatic heterocycles. The van der Waals surface area contributed by atoms with Crippen LogP contribution < -0.4 is 10.5 Å². The van der Waals surface area contributed by atoms with Crippen LogP contribution in [0.25, 0.3) is 0 Å². The summed E-state index contributed by atoms with van der Waals surface area (Å²) >= 11 is 0. The van der Waals surface area contributed by atoms with Gasteiger partial charge in [0.2, 0.25) is 10.0 Å². The fraction of sp³-hybridized carbons (Fsp3) is 0.400. The van der Waals surface area contributed by atoms with E-state index in [0.29, 0.717) is 0 Å². The van der Waals surface area contributed by atoms with E-state index in [1.54, 1.807) is 0 Å². The lowest BCUT2D eigenvalue weighted by Crippen LogP contribution is -2.36. The smallest absolute Gasteiger partial charge is 0.291 e. The maximum atomic E-state index is 12.1. The average molecular weight is 321 g/mol. The summed E-state index contributed by atoms with van der Waals surface area (Å²) in [5, 5.41) is 10.9. The van der Waals surface area contributed by atoms with Crippen LogP contribution in [0.2, 0.25) is 0 Å². The Morgan fingerprint density at radius 3 is 2.60 bits per heavy atom. The third-order valence-electron chi connectivity index (χ3n) is 2.31. The first kappa shape index (κ1) is 16.5. The van der Waals surface area contributed by atoms with Crippen molar-refractivity contribution in [1.29, 1.82) is 0 Å². The summed E-state index contributed by atoms with van der Waals surface area (Å²) in [5.41, 5.74) is 4.92. The highest BCUT2D eigenvalue weighted by molar-refractivity contribution is 7.89. The summed E-state index contributed by atoms with van der Waals surface area (Å²) in [4.78, 5) is 9.61. The predicted octanol–water partition coefficient (Wildman–Crippen LogP) is 0.222. The molecule has 0 aliphatic rings. The van der Waals surface area contributed by atoms with Crippen molar-refractivity contribution < 1.29 is 17.6 Å². The fourth-order valence-corrected chi connectivity index (χ4v) is 3.91. The van der Waals surface area contributed by atoms with Crippen molar-refractivity contribution in [2.75, 3.05) is 17.7 Å². The number of hydrogen-bond donors (Lipinski definition) is 2. The van der Waals surface area contributed by atoms with Crippen molar-refractivity contribution >= 4 is 32.2 Å². The lowest BCUT2D eigenvalue weighted by atomic mass is 10.3. The largest absolute Gasteiger partial charge is 0.399 e. The summed E-state index contributed by atoms with van der Waals surface area (Å²) in [6.07, 6.45) is 1.44. The molecule has 0 bridgehead atoms. The van der Waals surface area contributed by atoms with Crippen LogP contribution >= 0.6 is 0 Å². The molecule has 112 valence electrons. The first-order chi connectivity index (χ1) is 9.13. The van der Waals surface area contributed by atoms with Gasteiger partial charge in [-0.1, -0.05) is 0 Å². The molecular weight excluding hydrogens is 306 g/mol. The number of nitrogens with zero attached hydrogens (tertiary/aromatic N) is 1. The first-order valence-electron chi connectivity index (χ1n) is 5.49. The van der Waals surface area contributed by atoms with E-state index in [1.165, 1.54) is 19.2 Å². The number of hydrogen-bond acceptors (Lipinski definition) is 6. The van der Waals surface area contributed by atoms with Gasteiger partial charge in [0.25, 0.3) is 5.69 Å². The van der Waals surface area contributed by atoms with Crippen molar-refractivity contribution in [3.8, 4) is 0 Å². The molecule has 0 fully saturated rings. The lowest BCUT2D eigenvalue weighted by molar-refractivity contribution is -0.387. The molecule has 1 rings (SSSR count). The number of nitro benzene ring substituents is 1. The molecule has 2 unspecified atom stereocenters. The van der Waals surface area contributed by atoms with E-state index in [-0.39, 0.29) is 11.4 Å². The minimum atomic E-state index is -4.08. The molecule has 1 aromatic rings. The van der Waals surface area contributed by atoms with Gasteiger partial charge < -0.3 is 5.73 Å². The molecule has 0 radical (unpaired) electrons. The Labute approximate surface area is 119 Å². The van der Waals surface area contributed by atoms with Gasteiger partial charge in [-0.3, -0.25) is 14.3 Å². The average Bonchev–Trinajstić information content (AvgIpc) is 2.26. The van der Waals surface area contributed by atoms with Crippen molar-refractivity contribution in [3.05, 3.63) is 28.3 Å². The van der Waals surface area contributed by atoms with Gasteiger partial charge in [0, 0.05) is 40.6 Å². The quantitative estimate of drug-likeness (QED) is 0.437. The molecule has 0 saturated heterocycles. The molecule has 0 amide bonds. The maximum Gasteiger partial charge on any atom is 0.291 e. The number of nitrogens with two attached hydrogens (primary N) is 1. The van der Waals surface area contributed by atoms with Crippen LogP contribution in [0, 0.1) is 10.1 Å². The highest BCUT2D eigenvalue weighted by Crippen LogP contribution is 2.26. The van der Waals surface area contributed by atoms with E-state index in [0.717, 1.165) is 12.1 Å². The molecule has 8 nitrogen and oxygen atoms in total. The zero-order valence-electron chi connectivity index (χ0n) is 10.9. The lowest BCUT2D eigenvalue weighted by Gasteiger charge is -2.13. The number of rotatable bonds is 6. The summed E-state index contributed by atoms with van der Waals surface area (Å²) in [5.74, 6) is 0.113. The van der Waals surface area contributed by atoms with E-state index in [4.69, 9.17) is 5.73 Å². The number of nitrogen functional groups attached to an aromatic ring is 1. The number of nitro groups is 1. The number of nitrogens with one attached hydrogen (secondary N) is 1. The van der Waals surface area contributed by atoms with Gasteiger partial charge in [0.1, 0.15) is 0 Å². The van der Waals surface area contributed by atoms with Crippen LogP contribution in [0.4, 0.5) is 11.4 Å². The van der Waals surface area contributed by atoms with E-state index in [1.807, 2.05) is 0 Å². The number of anilines is 1. The maximum absolute atomic E-state index is 12.1. The zero-order chi connectivity index (χ0) is 15.5. The second kappa shape index (κ2) is 6.29. The normalized spacial score (nSPS) is 14.7. The number of sulfonamides is 1. The van der Waals surface area contributed by atoms with Crippen LogP contribution in [0.15, 0.2) is 23.1 Å². The van der Waals surface area contributed by atoms with Crippen LogP contribution in [0.3, 0.4) is 0 Å². The third-order valence-corrected chi connectivity index (χ3v) is 4.92. The summed E-state index contributed by atoms with van der Waals surface area (Å²) in [6, 6.07) is 2.72. The molecule has 10 heteroatoms. The Kier molecular flexibility index (Phi) is 5.20. The van der Waals surface area contributed by atoms with Crippen molar-refractivity contribution in [2.45, 2.75) is 17.9 Å². The second-order valence-corrected chi connectivity index (χ2v) is 7.41. The minimum Gasteiger partial charge on any atom is -0.399 e. The van der Waals surface area contributed by atoms with Gasteiger partial charge in [-0.15, -0.1) is 0 Å².